The summed E-state index contributed by atoms with van der Waals surface area (Å²) in [7, 11) is 0. The fourth-order valence-corrected chi connectivity index (χ4v) is 3.69. The predicted molar refractivity (Wildman–Crippen MR) is 88.3 cm³/mol. The van der Waals surface area contributed by atoms with Gasteiger partial charge in [-0.25, -0.2) is 4.98 Å². The van der Waals surface area contributed by atoms with Crippen molar-refractivity contribution in [2.24, 2.45) is 0 Å². The van der Waals surface area contributed by atoms with Crippen LogP contribution >= 0.6 is 0 Å². The van der Waals surface area contributed by atoms with Crippen molar-refractivity contribution in [3.05, 3.63) is 48.0 Å². The lowest BCUT2D eigenvalue weighted by Crippen LogP contribution is -2.33. The highest BCUT2D eigenvalue weighted by Crippen LogP contribution is 2.36. The molecule has 24 heavy (non-hydrogen) atoms. The molecule has 0 aromatic carbocycles. The van der Waals surface area contributed by atoms with E-state index in [4.69, 9.17) is 14.4 Å². The minimum absolute atomic E-state index is 0.0723. The zero-order valence-corrected chi connectivity index (χ0v) is 13.4. The molecule has 6 heteroatoms. The van der Waals surface area contributed by atoms with Gasteiger partial charge in [-0.05, 0) is 30.7 Å². The molecule has 2 aliphatic rings. The van der Waals surface area contributed by atoms with Crippen LogP contribution in [0.2, 0.25) is 0 Å². The van der Waals surface area contributed by atoms with Gasteiger partial charge in [-0.2, -0.15) is 5.26 Å². The average Bonchev–Trinajstić information content (AvgIpc) is 3.32. The van der Waals surface area contributed by atoms with Crippen molar-refractivity contribution in [2.75, 3.05) is 25.0 Å². The van der Waals surface area contributed by atoms with E-state index in [1.54, 1.807) is 12.3 Å². The Morgan fingerprint density at radius 1 is 1.38 bits per heavy atom. The molecule has 0 amide bonds. The van der Waals surface area contributed by atoms with Gasteiger partial charge < -0.3 is 14.5 Å². The number of ether oxygens (including phenoxy) is 1. The van der Waals surface area contributed by atoms with Crippen molar-refractivity contribution < 1.29 is 9.15 Å². The highest BCUT2D eigenvalue weighted by Gasteiger charge is 2.45. The largest absolute Gasteiger partial charge is 0.468 e. The summed E-state index contributed by atoms with van der Waals surface area (Å²) < 4.78 is 11.6. The molecule has 0 bridgehead atoms. The minimum atomic E-state index is -0.0723. The molecule has 6 nitrogen and oxygen atoms in total. The first-order valence-corrected chi connectivity index (χ1v) is 8.27. The third-order valence-corrected chi connectivity index (χ3v) is 4.78. The van der Waals surface area contributed by atoms with Gasteiger partial charge in [-0.1, -0.05) is 6.07 Å². The standard InChI is InChI=1S/C18H20N4O2/c19-10-14-3-1-5-17(20-14)21-15-9-18(24-12-15)6-7-22(13-18)11-16-4-2-8-23-16/h1-5,8,15H,6-7,9,11-13H2,(H,20,21)/t15-,18+/m0/s1. The fourth-order valence-electron chi connectivity index (χ4n) is 3.69. The van der Waals surface area contributed by atoms with E-state index in [2.05, 4.69) is 21.3 Å². The third-order valence-electron chi connectivity index (χ3n) is 4.78. The number of anilines is 1. The Morgan fingerprint density at radius 2 is 2.33 bits per heavy atom. The second-order valence-electron chi connectivity index (χ2n) is 6.60. The Kier molecular flexibility index (Phi) is 3.97. The quantitative estimate of drug-likeness (QED) is 0.931. The highest BCUT2D eigenvalue weighted by molar-refractivity contribution is 5.39. The van der Waals surface area contributed by atoms with Gasteiger partial charge in [-0.15, -0.1) is 0 Å². The number of nitrogens with zero attached hydrogens (tertiary/aromatic N) is 3. The van der Waals surface area contributed by atoms with Crippen LogP contribution in [0.5, 0.6) is 0 Å². The van der Waals surface area contributed by atoms with Gasteiger partial charge in [0.25, 0.3) is 0 Å². The minimum Gasteiger partial charge on any atom is -0.468 e. The molecular formula is C18H20N4O2. The summed E-state index contributed by atoms with van der Waals surface area (Å²) in [6.07, 6.45) is 3.72. The molecule has 2 aromatic heterocycles. The lowest BCUT2D eigenvalue weighted by molar-refractivity contribution is 0.0115. The summed E-state index contributed by atoms with van der Waals surface area (Å²) >= 11 is 0. The van der Waals surface area contributed by atoms with Gasteiger partial charge in [0.15, 0.2) is 0 Å². The van der Waals surface area contributed by atoms with Gasteiger partial charge in [-0.3, -0.25) is 4.90 Å². The first-order chi connectivity index (χ1) is 11.7. The molecule has 1 N–H and O–H groups in total. The van der Waals surface area contributed by atoms with E-state index in [0.717, 1.165) is 44.1 Å². The van der Waals surface area contributed by atoms with Crippen molar-refractivity contribution in [3.63, 3.8) is 0 Å². The Bertz CT molecular complexity index is 740. The molecular weight excluding hydrogens is 304 g/mol. The second kappa shape index (κ2) is 6.27. The van der Waals surface area contributed by atoms with Crippen molar-refractivity contribution in [1.29, 1.82) is 5.26 Å². The number of aromatic nitrogens is 1. The molecule has 4 heterocycles. The maximum absolute atomic E-state index is 8.95. The molecule has 1 spiro atoms. The van der Waals surface area contributed by atoms with Gasteiger partial charge in [0.1, 0.15) is 23.3 Å². The monoisotopic (exact) mass is 324 g/mol. The van der Waals surface area contributed by atoms with Crippen LogP contribution in [-0.4, -0.2) is 41.2 Å². The van der Waals surface area contributed by atoms with Crippen molar-refractivity contribution >= 4 is 5.82 Å². The Balaban J connectivity index is 1.35. The molecule has 0 unspecified atom stereocenters. The first kappa shape index (κ1) is 15.2. The summed E-state index contributed by atoms with van der Waals surface area (Å²) in [4.78, 5) is 6.67. The van der Waals surface area contributed by atoms with E-state index < -0.39 is 0 Å². The molecule has 2 aliphatic heterocycles. The lowest BCUT2D eigenvalue weighted by atomic mass is 9.97. The van der Waals surface area contributed by atoms with Crippen LogP contribution in [0.3, 0.4) is 0 Å². The number of furan rings is 1. The molecule has 0 radical (unpaired) electrons. The van der Waals surface area contributed by atoms with Crippen LogP contribution < -0.4 is 5.32 Å². The molecule has 0 aliphatic carbocycles. The van der Waals surface area contributed by atoms with Gasteiger partial charge in [0, 0.05) is 19.5 Å². The fraction of sp³-hybridized carbons (Fsp3) is 0.444. The lowest BCUT2D eigenvalue weighted by Gasteiger charge is -2.23. The summed E-state index contributed by atoms with van der Waals surface area (Å²) in [5.74, 6) is 1.74. The molecule has 124 valence electrons. The van der Waals surface area contributed by atoms with E-state index in [9.17, 15) is 0 Å². The zero-order chi connectivity index (χ0) is 16.4. The smallest absolute Gasteiger partial charge is 0.142 e. The average molecular weight is 324 g/mol. The molecule has 2 saturated heterocycles. The highest BCUT2D eigenvalue weighted by atomic mass is 16.5. The maximum atomic E-state index is 8.95. The van der Waals surface area contributed by atoms with Crippen molar-refractivity contribution in [2.45, 2.75) is 31.0 Å². The Hall–Kier alpha value is -2.36. The predicted octanol–water partition coefficient (Wildman–Crippen LogP) is 2.39. The Morgan fingerprint density at radius 3 is 3.17 bits per heavy atom. The summed E-state index contributed by atoms with van der Waals surface area (Å²) in [5.41, 5.74) is 0.357. The van der Waals surface area contributed by atoms with E-state index in [1.165, 1.54) is 0 Å². The number of pyridine rings is 1. The molecule has 2 aromatic rings. The molecule has 0 saturated carbocycles. The maximum Gasteiger partial charge on any atom is 0.142 e. The first-order valence-electron chi connectivity index (χ1n) is 8.27. The normalized spacial score (nSPS) is 26.7. The Labute approximate surface area is 141 Å². The van der Waals surface area contributed by atoms with Gasteiger partial charge in [0.05, 0.1) is 31.1 Å². The van der Waals surface area contributed by atoms with Crippen molar-refractivity contribution in [1.82, 2.24) is 9.88 Å². The van der Waals surface area contributed by atoms with E-state index in [0.29, 0.717) is 12.3 Å². The SMILES string of the molecule is N#Cc1cccc(N[C@@H]2CO[C@]3(CCN(Cc4ccco4)C3)C2)n1. The summed E-state index contributed by atoms with van der Waals surface area (Å²) in [6.45, 7) is 3.46. The molecule has 2 fully saturated rings. The van der Waals surface area contributed by atoms with Crippen LogP contribution in [0.15, 0.2) is 41.0 Å². The van der Waals surface area contributed by atoms with E-state index in [-0.39, 0.29) is 11.6 Å². The van der Waals surface area contributed by atoms with Crippen LogP contribution in [0.25, 0.3) is 0 Å². The number of hydrogen-bond donors (Lipinski definition) is 1. The number of nitrogens with one attached hydrogen (secondary N) is 1. The van der Waals surface area contributed by atoms with E-state index in [1.807, 2.05) is 24.3 Å². The summed E-state index contributed by atoms with van der Waals surface area (Å²) in [5, 5.41) is 12.3. The number of rotatable bonds is 4. The zero-order valence-electron chi connectivity index (χ0n) is 13.4. The number of hydrogen-bond acceptors (Lipinski definition) is 6. The second-order valence-corrected chi connectivity index (χ2v) is 6.60. The van der Waals surface area contributed by atoms with Crippen LogP contribution in [0.4, 0.5) is 5.82 Å². The van der Waals surface area contributed by atoms with Crippen LogP contribution in [-0.2, 0) is 11.3 Å². The van der Waals surface area contributed by atoms with E-state index >= 15 is 0 Å². The third kappa shape index (κ3) is 3.14. The van der Waals surface area contributed by atoms with Crippen LogP contribution in [0, 0.1) is 11.3 Å². The number of likely N-dealkylation sites (tertiary alicyclic amines) is 1. The molecule has 2 atom stereocenters. The topological polar surface area (TPSA) is 74.3 Å². The van der Waals surface area contributed by atoms with Crippen molar-refractivity contribution in [3.8, 4) is 6.07 Å². The van der Waals surface area contributed by atoms with Gasteiger partial charge >= 0.3 is 0 Å². The van der Waals surface area contributed by atoms with Crippen LogP contribution in [0.1, 0.15) is 24.3 Å². The molecule has 4 rings (SSSR count). The summed E-state index contributed by atoms with van der Waals surface area (Å²) in [6, 6.07) is 11.7. The van der Waals surface area contributed by atoms with Gasteiger partial charge in [0.2, 0.25) is 0 Å². The number of nitriles is 1.